The lowest BCUT2D eigenvalue weighted by molar-refractivity contribution is -0.141. The zero-order valence-corrected chi connectivity index (χ0v) is 9.89. The minimum atomic E-state index is -0.194. The highest BCUT2D eigenvalue weighted by molar-refractivity contribution is 5.79. The second-order valence-corrected chi connectivity index (χ2v) is 4.35. The Kier molecular flexibility index (Phi) is 4.56. The van der Waals surface area contributed by atoms with E-state index < -0.39 is 0 Å². The van der Waals surface area contributed by atoms with Crippen LogP contribution >= 0.6 is 0 Å². The Morgan fingerprint density at radius 2 is 2.00 bits per heavy atom. The summed E-state index contributed by atoms with van der Waals surface area (Å²) in [6.45, 7) is 2.35. The summed E-state index contributed by atoms with van der Waals surface area (Å²) < 4.78 is 5.22. The van der Waals surface area contributed by atoms with Crippen molar-refractivity contribution in [1.29, 1.82) is 0 Å². The number of rotatable bonds is 4. The van der Waals surface area contributed by atoms with E-state index in [1.807, 2.05) is 30.3 Å². The minimum absolute atomic E-state index is 0.194. The lowest BCUT2D eigenvalue weighted by Crippen LogP contribution is -2.29. The predicted octanol–water partition coefficient (Wildman–Crippen LogP) is 1.93. The molecule has 0 saturated carbocycles. The van der Waals surface area contributed by atoms with Crippen LogP contribution < -0.4 is 5.32 Å². The number of carbonyl (C=O) groups is 1. The molecule has 0 aliphatic carbocycles. The van der Waals surface area contributed by atoms with E-state index in [0.29, 0.717) is 12.5 Å². The Bertz CT molecular complexity index is 344. The van der Waals surface area contributed by atoms with E-state index in [2.05, 4.69) is 5.32 Å². The van der Waals surface area contributed by atoms with Crippen molar-refractivity contribution >= 4 is 5.97 Å². The molecule has 1 N–H and O–H groups in total. The third kappa shape index (κ3) is 4.19. The Labute approximate surface area is 102 Å². The van der Waals surface area contributed by atoms with Gasteiger partial charge in [-0.3, -0.25) is 4.79 Å². The van der Waals surface area contributed by atoms with E-state index >= 15 is 0 Å². The van der Waals surface area contributed by atoms with E-state index in [0.717, 1.165) is 31.5 Å². The lowest BCUT2D eigenvalue weighted by atomic mass is 9.95. The zero-order chi connectivity index (χ0) is 11.9. The van der Waals surface area contributed by atoms with E-state index in [4.69, 9.17) is 4.74 Å². The van der Waals surface area contributed by atoms with Gasteiger partial charge < -0.3 is 10.1 Å². The Hall–Kier alpha value is -1.35. The number of benzene rings is 1. The fourth-order valence-corrected chi connectivity index (χ4v) is 1.98. The number of nitrogens with one attached hydrogen (secondary N) is 1. The fraction of sp³-hybridized carbons (Fsp3) is 0.429. The van der Waals surface area contributed by atoms with Crippen molar-refractivity contribution in [2.45, 2.75) is 19.4 Å². The molecule has 1 saturated heterocycles. The predicted molar refractivity (Wildman–Crippen MR) is 66.1 cm³/mol. The van der Waals surface area contributed by atoms with Gasteiger partial charge in [0.25, 0.3) is 0 Å². The summed E-state index contributed by atoms with van der Waals surface area (Å²) in [6, 6.07) is 9.75. The van der Waals surface area contributed by atoms with Crippen molar-refractivity contribution < 1.29 is 9.53 Å². The monoisotopic (exact) mass is 232 g/mol. The van der Waals surface area contributed by atoms with E-state index in [9.17, 15) is 4.79 Å². The summed E-state index contributed by atoms with van der Waals surface area (Å²) in [6.07, 6.45) is 3.78. The summed E-state index contributed by atoms with van der Waals surface area (Å²) in [4.78, 5) is 11.6. The molecule has 0 bridgehead atoms. The highest BCUT2D eigenvalue weighted by Gasteiger charge is 2.17. The maximum absolute atomic E-state index is 11.6. The van der Waals surface area contributed by atoms with Gasteiger partial charge in [-0.25, -0.2) is 0 Å². The normalized spacial score (nSPS) is 16.7. The Morgan fingerprint density at radius 1 is 1.29 bits per heavy atom. The van der Waals surface area contributed by atoms with Gasteiger partial charge in [-0.2, -0.15) is 0 Å². The van der Waals surface area contributed by atoms with Crippen LogP contribution in [0.25, 0.3) is 0 Å². The SMILES string of the molecule is O=C([CH]C1CCNCC1)OCc1ccccc1. The van der Waals surface area contributed by atoms with E-state index in [1.165, 1.54) is 0 Å². The summed E-state index contributed by atoms with van der Waals surface area (Å²) in [7, 11) is 0. The van der Waals surface area contributed by atoms with Crippen LogP contribution in [0.5, 0.6) is 0 Å². The van der Waals surface area contributed by atoms with Gasteiger partial charge in [-0.1, -0.05) is 30.3 Å². The molecule has 17 heavy (non-hydrogen) atoms. The van der Waals surface area contributed by atoms with Crippen LogP contribution in [0.1, 0.15) is 18.4 Å². The number of hydrogen-bond donors (Lipinski definition) is 1. The molecule has 1 aromatic carbocycles. The van der Waals surface area contributed by atoms with Gasteiger partial charge in [0.05, 0.1) is 6.42 Å². The molecule has 3 heteroatoms. The second kappa shape index (κ2) is 6.40. The number of hydrogen-bond acceptors (Lipinski definition) is 3. The highest BCUT2D eigenvalue weighted by atomic mass is 16.5. The molecule has 91 valence electrons. The Morgan fingerprint density at radius 3 is 2.71 bits per heavy atom. The van der Waals surface area contributed by atoms with Gasteiger partial charge >= 0.3 is 5.97 Å². The molecule has 0 aromatic heterocycles. The fourth-order valence-electron chi connectivity index (χ4n) is 1.98. The summed E-state index contributed by atoms with van der Waals surface area (Å²) >= 11 is 0. The van der Waals surface area contributed by atoms with Crippen molar-refractivity contribution in [1.82, 2.24) is 5.32 Å². The first-order valence-corrected chi connectivity index (χ1v) is 6.11. The third-order valence-electron chi connectivity index (χ3n) is 2.98. The van der Waals surface area contributed by atoms with Gasteiger partial charge in [-0.05, 0) is 37.4 Å². The van der Waals surface area contributed by atoms with Crippen LogP contribution in [0.2, 0.25) is 0 Å². The first-order valence-electron chi connectivity index (χ1n) is 6.11. The lowest BCUT2D eigenvalue weighted by Gasteiger charge is -2.21. The molecule has 1 radical (unpaired) electrons. The standard InChI is InChI=1S/C14H18NO2/c16-14(10-12-6-8-15-9-7-12)17-11-13-4-2-1-3-5-13/h1-5,10,12,15H,6-9,11H2. The van der Waals surface area contributed by atoms with E-state index in [1.54, 1.807) is 6.42 Å². The molecule has 1 fully saturated rings. The number of ether oxygens (including phenoxy) is 1. The molecule has 1 aliphatic heterocycles. The molecule has 1 heterocycles. The van der Waals surface area contributed by atoms with Crippen LogP contribution in [0.15, 0.2) is 30.3 Å². The van der Waals surface area contributed by atoms with Crippen LogP contribution in [-0.4, -0.2) is 19.1 Å². The van der Waals surface area contributed by atoms with Crippen molar-refractivity contribution in [2.75, 3.05) is 13.1 Å². The van der Waals surface area contributed by atoms with Gasteiger partial charge in [0, 0.05) is 0 Å². The topological polar surface area (TPSA) is 38.3 Å². The smallest absolute Gasteiger partial charge is 0.310 e. The minimum Gasteiger partial charge on any atom is -0.461 e. The average Bonchev–Trinajstić information content (AvgIpc) is 2.39. The molecular weight excluding hydrogens is 214 g/mol. The maximum Gasteiger partial charge on any atom is 0.310 e. The summed E-state index contributed by atoms with van der Waals surface area (Å²) in [5, 5.41) is 3.27. The van der Waals surface area contributed by atoms with E-state index in [-0.39, 0.29) is 5.97 Å². The van der Waals surface area contributed by atoms with Gasteiger partial charge in [0.15, 0.2) is 0 Å². The van der Waals surface area contributed by atoms with Crippen LogP contribution in [-0.2, 0) is 16.1 Å². The number of carbonyl (C=O) groups excluding carboxylic acids is 1. The first kappa shape index (κ1) is 12.1. The molecule has 0 unspecified atom stereocenters. The van der Waals surface area contributed by atoms with Gasteiger partial charge in [0.1, 0.15) is 6.61 Å². The zero-order valence-electron chi connectivity index (χ0n) is 9.89. The van der Waals surface area contributed by atoms with Crippen molar-refractivity contribution in [2.24, 2.45) is 5.92 Å². The Balaban J connectivity index is 1.70. The van der Waals surface area contributed by atoms with Crippen LogP contribution in [0, 0.1) is 12.3 Å². The quantitative estimate of drug-likeness (QED) is 0.806. The van der Waals surface area contributed by atoms with Crippen LogP contribution in [0.4, 0.5) is 0 Å². The molecule has 1 aliphatic rings. The molecule has 0 spiro atoms. The maximum atomic E-state index is 11.6. The number of esters is 1. The van der Waals surface area contributed by atoms with Crippen molar-refractivity contribution in [3.05, 3.63) is 42.3 Å². The van der Waals surface area contributed by atoms with Gasteiger partial charge in [0.2, 0.25) is 0 Å². The molecule has 3 nitrogen and oxygen atoms in total. The van der Waals surface area contributed by atoms with Crippen molar-refractivity contribution in [3.8, 4) is 0 Å². The first-order chi connectivity index (χ1) is 8.34. The highest BCUT2D eigenvalue weighted by Crippen LogP contribution is 2.15. The van der Waals surface area contributed by atoms with Gasteiger partial charge in [-0.15, -0.1) is 0 Å². The third-order valence-corrected chi connectivity index (χ3v) is 2.98. The average molecular weight is 232 g/mol. The summed E-state index contributed by atoms with van der Waals surface area (Å²) in [5.41, 5.74) is 1.03. The number of piperidine rings is 1. The molecule has 2 rings (SSSR count). The largest absolute Gasteiger partial charge is 0.461 e. The van der Waals surface area contributed by atoms with Crippen LogP contribution in [0.3, 0.4) is 0 Å². The summed E-state index contributed by atoms with van der Waals surface area (Å²) in [5.74, 6) is 0.181. The molecule has 0 amide bonds. The molecule has 1 aromatic rings. The molecular formula is C14H18NO2. The molecule has 0 atom stereocenters. The second-order valence-electron chi connectivity index (χ2n) is 4.35. The van der Waals surface area contributed by atoms with Crippen molar-refractivity contribution in [3.63, 3.8) is 0 Å².